The molecule has 180 valence electrons. The second-order valence-corrected chi connectivity index (χ2v) is 14.4. The van der Waals surface area contributed by atoms with Crippen molar-refractivity contribution in [1.82, 2.24) is 0 Å². The number of epoxide rings is 1. The van der Waals surface area contributed by atoms with Crippen molar-refractivity contribution in [3.63, 3.8) is 0 Å². The van der Waals surface area contributed by atoms with Crippen molar-refractivity contribution in [2.24, 2.45) is 45.3 Å². The lowest BCUT2D eigenvalue weighted by molar-refractivity contribution is -0.201. The van der Waals surface area contributed by atoms with E-state index < -0.39 is 0 Å². The van der Waals surface area contributed by atoms with E-state index >= 15 is 0 Å². The Labute approximate surface area is 197 Å². The summed E-state index contributed by atoms with van der Waals surface area (Å²) in [5, 5.41) is 0. The third-order valence-corrected chi connectivity index (χ3v) is 12.5. The molecule has 8 atom stereocenters. The third-order valence-electron chi connectivity index (χ3n) is 12.5. The number of carbonyl (C=O) groups is 1. The lowest BCUT2D eigenvalue weighted by Gasteiger charge is -2.69. The van der Waals surface area contributed by atoms with Crippen LogP contribution in [0.4, 0.5) is 0 Å². The molecular formula is C30H48O2. The molecule has 0 unspecified atom stereocenters. The van der Waals surface area contributed by atoms with Crippen LogP contribution in [0.5, 0.6) is 0 Å². The van der Waals surface area contributed by atoms with Gasteiger partial charge in [0.05, 0.1) is 11.7 Å². The Morgan fingerprint density at radius 3 is 2.22 bits per heavy atom. The van der Waals surface area contributed by atoms with Crippen LogP contribution in [0.2, 0.25) is 0 Å². The molecule has 0 aromatic heterocycles. The van der Waals surface area contributed by atoms with Crippen molar-refractivity contribution < 1.29 is 9.53 Å². The van der Waals surface area contributed by atoms with Gasteiger partial charge in [-0.15, -0.1) is 0 Å². The SMILES string of the molecule is CC(=CC[C@H]1OC1(C)C)[C@H]1CC[C@]2(C)[C@@H]1CC[C@@H]1[C@@]3(C)CCC(=O)C(C)(C)[C@@H]3CC[C@]12C. The van der Waals surface area contributed by atoms with E-state index in [2.05, 4.69) is 61.5 Å². The number of Topliss-reactive ketones (excluding diaryl/α,β-unsaturated/α-hetero) is 1. The summed E-state index contributed by atoms with van der Waals surface area (Å²) in [5.41, 5.74) is 2.77. The van der Waals surface area contributed by atoms with Crippen LogP contribution >= 0.6 is 0 Å². The number of hydrogen-bond donors (Lipinski definition) is 0. The van der Waals surface area contributed by atoms with Gasteiger partial charge in [-0.25, -0.2) is 0 Å². The van der Waals surface area contributed by atoms with E-state index in [1.54, 1.807) is 5.57 Å². The van der Waals surface area contributed by atoms with Gasteiger partial charge in [-0.05, 0) is 112 Å². The Morgan fingerprint density at radius 2 is 1.56 bits per heavy atom. The van der Waals surface area contributed by atoms with Crippen LogP contribution in [-0.2, 0) is 9.53 Å². The molecule has 1 aliphatic heterocycles. The van der Waals surface area contributed by atoms with Crippen molar-refractivity contribution in [1.29, 1.82) is 0 Å². The highest BCUT2D eigenvalue weighted by Crippen LogP contribution is 2.75. The fourth-order valence-corrected chi connectivity index (χ4v) is 10.2. The number of carbonyl (C=O) groups excluding carboxylic acids is 1. The van der Waals surface area contributed by atoms with Gasteiger partial charge >= 0.3 is 0 Å². The highest BCUT2D eigenvalue weighted by molar-refractivity contribution is 5.85. The van der Waals surface area contributed by atoms with Crippen LogP contribution in [0, 0.1) is 45.3 Å². The van der Waals surface area contributed by atoms with Gasteiger partial charge in [0.2, 0.25) is 0 Å². The first-order valence-electron chi connectivity index (χ1n) is 13.7. The average Bonchev–Trinajstić information content (AvgIpc) is 3.15. The number of rotatable bonds is 3. The van der Waals surface area contributed by atoms with E-state index in [0.29, 0.717) is 34.1 Å². The van der Waals surface area contributed by atoms with Crippen molar-refractivity contribution in [2.75, 3.05) is 0 Å². The number of allylic oxidation sites excluding steroid dienone is 1. The Balaban J connectivity index is 1.40. The molecule has 5 rings (SSSR count). The summed E-state index contributed by atoms with van der Waals surface area (Å²) in [5.74, 6) is 3.44. The number of hydrogen-bond acceptors (Lipinski definition) is 2. The van der Waals surface area contributed by atoms with Crippen molar-refractivity contribution >= 4 is 5.78 Å². The summed E-state index contributed by atoms with van der Waals surface area (Å²) >= 11 is 0. The topological polar surface area (TPSA) is 29.6 Å². The minimum atomic E-state index is -0.137. The molecule has 0 bridgehead atoms. The van der Waals surface area contributed by atoms with Crippen LogP contribution in [0.15, 0.2) is 11.6 Å². The standard InChI is InChI=1S/C30H48O2/c1-19(9-12-25-27(4,5)32-25)20-13-17-29(7)21(20)10-11-23-28(6)16-15-24(31)26(2,3)22(28)14-18-30(23,29)8/h9,20-23,25H,10-18H2,1-8H3/t20-,21-,22+,23-,25-,28+,29-,30-/m1/s1. The van der Waals surface area contributed by atoms with Crippen LogP contribution in [0.3, 0.4) is 0 Å². The lowest BCUT2D eigenvalue weighted by Crippen LogP contribution is -2.63. The molecule has 2 heteroatoms. The molecular weight excluding hydrogens is 392 g/mol. The van der Waals surface area contributed by atoms with Crippen LogP contribution < -0.4 is 0 Å². The summed E-state index contributed by atoms with van der Waals surface area (Å²) in [6, 6.07) is 0. The summed E-state index contributed by atoms with van der Waals surface area (Å²) in [7, 11) is 0. The molecule has 0 amide bonds. The summed E-state index contributed by atoms with van der Waals surface area (Å²) in [6.45, 7) is 19.3. The first-order valence-corrected chi connectivity index (χ1v) is 13.7. The molecule has 1 heterocycles. The maximum Gasteiger partial charge on any atom is 0.138 e. The highest BCUT2D eigenvalue weighted by atomic mass is 16.6. The van der Waals surface area contributed by atoms with E-state index in [0.717, 1.165) is 37.0 Å². The zero-order chi connectivity index (χ0) is 23.3. The second-order valence-electron chi connectivity index (χ2n) is 14.4. The first-order chi connectivity index (χ1) is 14.8. The minimum absolute atomic E-state index is 0.0930. The van der Waals surface area contributed by atoms with Gasteiger partial charge in [0.1, 0.15) is 5.78 Å². The van der Waals surface area contributed by atoms with E-state index in [9.17, 15) is 4.79 Å². The Hall–Kier alpha value is -0.630. The van der Waals surface area contributed by atoms with Crippen LogP contribution in [0.1, 0.15) is 113 Å². The molecule has 32 heavy (non-hydrogen) atoms. The summed E-state index contributed by atoms with van der Waals surface area (Å²) in [4.78, 5) is 12.9. The maximum absolute atomic E-state index is 12.9. The van der Waals surface area contributed by atoms with Gasteiger partial charge in [-0.3, -0.25) is 4.79 Å². The van der Waals surface area contributed by atoms with E-state index in [1.807, 2.05) is 0 Å². The zero-order valence-electron chi connectivity index (χ0n) is 22.1. The van der Waals surface area contributed by atoms with Crippen molar-refractivity contribution in [2.45, 2.75) is 125 Å². The van der Waals surface area contributed by atoms with E-state index in [1.165, 1.54) is 38.5 Å². The van der Waals surface area contributed by atoms with Gasteiger partial charge in [0, 0.05) is 11.8 Å². The van der Waals surface area contributed by atoms with Gasteiger partial charge < -0.3 is 4.74 Å². The predicted molar refractivity (Wildman–Crippen MR) is 131 cm³/mol. The molecule has 4 saturated carbocycles. The summed E-state index contributed by atoms with van der Waals surface area (Å²) < 4.78 is 5.85. The van der Waals surface area contributed by atoms with E-state index in [4.69, 9.17) is 4.74 Å². The molecule has 0 aromatic carbocycles. The van der Waals surface area contributed by atoms with E-state index in [-0.39, 0.29) is 11.0 Å². The van der Waals surface area contributed by atoms with Crippen LogP contribution in [-0.4, -0.2) is 17.5 Å². The molecule has 1 saturated heterocycles. The fourth-order valence-electron chi connectivity index (χ4n) is 10.2. The van der Waals surface area contributed by atoms with Gasteiger partial charge in [0.25, 0.3) is 0 Å². The number of ketones is 1. The predicted octanol–water partition coefficient (Wildman–Crippen LogP) is 7.75. The Bertz CT molecular complexity index is 836. The zero-order valence-corrected chi connectivity index (χ0v) is 22.1. The molecule has 0 N–H and O–H groups in total. The monoisotopic (exact) mass is 440 g/mol. The summed E-state index contributed by atoms with van der Waals surface area (Å²) in [6.07, 6.45) is 14.0. The molecule has 2 nitrogen and oxygen atoms in total. The maximum atomic E-state index is 12.9. The highest BCUT2D eigenvalue weighted by Gasteiger charge is 2.68. The molecule has 5 fully saturated rings. The molecule has 5 aliphatic rings. The molecule has 0 radical (unpaired) electrons. The van der Waals surface area contributed by atoms with Crippen molar-refractivity contribution in [3.8, 4) is 0 Å². The van der Waals surface area contributed by atoms with Gasteiger partial charge in [0.15, 0.2) is 0 Å². The number of ether oxygens (including phenoxy) is 1. The van der Waals surface area contributed by atoms with Crippen LogP contribution in [0.25, 0.3) is 0 Å². The van der Waals surface area contributed by atoms with Gasteiger partial charge in [-0.2, -0.15) is 0 Å². The molecule has 0 spiro atoms. The fraction of sp³-hybridized carbons (Fsp3) is 0.900. The van der Waals surface area contributed by atoms with Gasteiger partial charge in [-0.1, -0.05) is 46.3 Å². The normalized spacial score (nSPS) is 51.6. The second kappa shape index (κ2) is 6.96. The third kappa shape index (κ3) is 2.96. The average molecular weight is 441 g/mol. The molecule has 4 aliphatic carbocycles. The largest absolute Gasteiger partial charge is 0.366 e. The van der Waals surface area contributed by atoms with Crippen molar-refractivity contribution in [3.05, 3.63) is 11.6 Å². The Kier molecular flexibility index (Phi) is 5.03. The quantitative estimate of drug-likeness (QED) is 0.331. The number of fused-ring (bicyclic) bond motifs is 5. The smallest absolute Gasteiger partial charge is 0.138 e. The minimum Gasteiger partial charge on any atom is -0.366 e. The first kappa shape index (κ1) is 23.1. The lowest BCUT2D eigenvalue weighted by atomic mass is 9.35. The Morgan fingerprint density at radius 1 is 0.906 bits per heavy atom. The molecule has 0 aromatic rings.